The molecule has 0 bridgehead atoms. The van der Waals surface area contributed by atoms with Crippen molar-refractivity contribution in [2.24, 2.45) is 0 Å². The van der Waals surface area contributed by atoms with Crippen LogP contribution < -0.4 is 10.6 Å². The van der Waals surface area contributed by atoms with E-state index in [2.05, 4.69) is 15.6 Å². The summed E-state index contributed by atoms with van der Waals surface area (Å²) in [5, 5.41) is 5.73. The Morgan fingerprint density at radius 3 is 2.32 bits per heavy atom. The van der Waals surface area contributed by atoms with Crippen LogP contribution in [0.4, 0.5) is 5.69 Å². The Morgan fingerprint density at radius 2 is 1.61 bits per heavy atom. The summed E-state index contributed by atoms with van der Waals surface area (Å²) in [6.07, 6.45) is 1.47. The number of benzene rings is 2. The monoisotopic (exact) mass is 373 g/mol. The normalized spacial score (nSPS) is 10.4. The third-order valence-corrected chi connectivity index (χ3v) is 4.43. The van der Waals surface area contributed by atoms with Crippen molar-refractivity contribution in [2.75, 3.05) is 5.32 Å². The van der Waals surface area contributed by atoms with Crippen LogP contribution in [0.5, 0.6) is 0 Å². The number of hydrogen-bond acceptors (Lipinski definition) is 3. The summed E-state index contributed by atoms with van der Waals surface area (Å²) < 4.78 is 0. The number of anilines is 1. The molecule has 0 spiro atoms. The Bertz CT molecular complexity index is 1010. The summed E-state index contributed by atoms with van der Waals surface area (Å²) in [5.41, 5.74) is 5.60. The fraction of sp³-hybridized carbons (Fsp3) is 0.174. The zero-order valence-corrected chi connectivity index (χ0v) is 16.2. The topological polar surface area (TPSA) is 71.1 Å². The Hall–Kier alpha value is -3.47. The maximum absolute atomic E-state index is 12.5. The van der Waals surface area contributed by atoms with Crippen LogP contribution in [0.15, 0.2) is 60.8 Å². The van der Waals surface area contributed by atoms with Gasteiger partial charge in [-0.2, -0.15) is 0 Å². The van der Waals surface area contributed by atoms with E-state index in [1.165, 1.54) is 12.3 Å². The fourth-order valence-corrected chi connectivity index (χ4v) is 3.02. The highest BCUT2D eigenvalue weighted by Crippen LogP contribution is 2.15. The summed E-state index contributed by atoms with van der Waals surface area (Å²) in [4.78, 5) is 29.1. The number of aryl methyl sites for hydroxylation is 3. The number of hydrogen-bond donors (Lipinski definition) is 2. The molecule has 0 saturated heterocycles. The molecule has 1 heterocycles. The van der Waals surface area contributed by atoms with Crippen LogP contribution in [0, 0.1) is 20.8 Å². The van der Waals surface area contributed by atoms with Gasteiger partial charge in [-0.15, -0.1) is 0 Å². The first-order valence-electron chi connectivity index (χ1n) is 9.11. The zero-order chi connectivity index (χ0) is 20.1. The minimum Gasteiger partial charge on any atom is -0.348 e. The van der Waals surface area contributed by atoms with E-state index in [-0.39, 0.29) is 17.5 Å². The number of nitrogens with one attached hydrogen (secondary N) is 2. The maximum atomic E-state index is 12.5. The lowest BCUT2D eigenvalue weighted by Crippen LogP contribution is -2.24. The molecular formula is C23H23N3O2. The molecule has 28 heavy (non-hydrogen) atoms. The van der Waals surface area contributed by atoms with E-state index in [0.29, 0.717) is 17.8 Å². The molecule has 0 fully saturated rings. The Morgan fingerprint density at radius 1 is 0.893 bits per heavy atom. The molecule has 1 aromatic heterocycles. The smallest absolute Gasteiger partial charge is 0.274 e. The number of pyridine rings is 1. The van der Waals surface area contributed by atoms with Gasteiger partial charge < -0.3 is 10.6 Å². The lowest BCUT2D eigenvalue weighted by atomic mass is 10.1. The van der Waals surface area contributed by atoms with E-state index in [1.54, 1.807) is 6.07 Å². The highest BCUT2D eigenvalue weighted by molar-refractivity contribution is 6.04. The minimum absolute atomic E-state index is 0.197. The van der Waals surface area contributed by atoms with Crippen LogP contribution in [0.25, 0.3) is 0 Å². The van der Waals surface area contributed by atoms with Crippen LogP contribution in [0.3, 0.4) is 0 Å². The number of nitrogens with zero attached hydrogens (tertiary/aromatic N) is 1. The van der Waals surface area contributed by atoms with Gasteiger partial charge in [0.25, 0.3) is 11.8 Å². The molecular weight excluding hydrogens is 350 g/mol. The molecule has 2 N–H and O–H groups in total. The second kappa shape index (κ2) is 8.48. The zero-order valence-electron chi connectivity index (χ0n) is 16.2. The predicted octanol–water partition coefficient (Wildman–Crippen LogP) is 4.19. The molecule has 0 aliphatic heterocycles. The van der Waals surface area contributed by atoms with Crippen molar-refractivity contribution < 1.29 is 9.59 Å². The van der Waals surface area contributed by atoms with Gasteiger partial charge in [0.05, 0.1) is 0 Å². The first-order valence-corrected chi connectivity index (χ1v) is 9.11. The number of aromatic nitrogens is 1. The number of rotatable bonds is 5. The van der Waals surface area contributed by atoms with Gasteiger partial charge in [0.15, 0.2) is 0 Å². The quantitative estimate of drug-likeness (QED) is 0.704. The van der Waals surface area contributed by atoms with Gasteiger partial charge in [-0.25, -0.2) is 0 Å². The van der Waals surface area contributed by atoms with Crippen molar-refractivity contribution in [2.45, 2.75) is 27.3 Å². The first kappa shape index (κ1) is 19.3. The lowest BCUT2D eigenvalue weighted by molar-refractivity contribution is 0.0950. The molecule has 0 aliphatic carbocycles. The molecule has 3 aromatic rings. The number of amides is 2. The second-order valence-corrected chi connectivity index (χ2v) is 6.87. The molecule has 0 radical (unpaired) electrons. The van der Waals surface area contributed by atoms with E-state index < -0.39 is 0 Å². The van der Waals surface area contributed by atoms with Crippen LogP contribution in [-0.2, 0) is 6.54 Å². The average Bonchev–Trinajstić information content (AvgIpc) is 2.66. The Labute approximate surface area is 164 Å². The fourth-order valence-electron chi connectivity index (χ4n) is 3.02. The molecule has 5 heteroatoms. The van der Waals surface area contributed by atoms with Crippen LogP contribution in [0.2, 0.25) is 0 Å². The van der Waals surface area contributed by atoms with Crippen molar-refractivity contribution >= 4 is 17.5 Å². The molecule has 2 aromatic carbocycles. The van der Waals surface area contributed by atoms with Gasteiger partial charge in [-0.3, -0.25) is 14.6 Å². The van der Waals surface area contributed by atoms with E-state index in [9.17, 15) is 9.59 Å². The van der Waals surface area contributed by atoms with Gasteiger partial charge in [-0.1, -0.05) is 30.3 Å². The Kier molecular flexibility index (Phi) is 5.84. The van der Waals surface area contributed by atoms with Gasteiger partial charge in [0.2, 0.25) is 0 Å². The maximum Gasteiger partial charge on any atom is 0.274 e. The summed E-state index contributed by atoms with van der Waals surface area (Å²) in [7, 11) is 0. The SMILES string of the molecule is Cc1cc(C)cc(NC(=O)c2cc(C(=O)NCc3ccccc3C)ccn2)c1. The molecule has 142 valence electrons. The van der Waals surface area contributed by atoms with Crippen LogP contribution in [-0.4, -0.2) is 16.8 Å². The predicted molar refractivity (Wildman–Crippen MR) is 110 cm³/mol. The molecule has 3 rings (SSSR count). The van der Waals surface area contributed by atoms with Crippen LogP contribution >= 0.6 is 0 Å². The van der Waals surface area contributed by atoms with Crippen molar-refractivity contribution in [3.05, 3.63) is 94.3 Å². The summed E-state index contributed by atoms with van der Waals surface area (Å²) in [6.45, 7) is 6.38. The van der Waals surface area contributed by atoms with E-state index in [0.717, 1.165) is 22.3 Å². The average molecular weight is 373 g/mol. The van der Waals surface area contributed by atoms with Gasteiger partial charge in [-0.05, 0) is 67.3 Å². The minimum atomic E-state index is -0.349. The van der Waals surface area contributed by atoms with Crippen molar-refractivity contribution in [3.8, 4) is 0 Å². The highest BCUT2D eigenvalue weighted by Gasteiger charge is 2.13. The summed E-state index contributed by atoms with van der Waals surface area (Å²) in [6, 6.07) is 16.8. The third kappa shape index (κ3) is 4.82. The van der Waals surface area contributed by atoms with Gasteiger partial charge >= 0.3 is 0 Å². The van der Waals surface area contributed by atoms with Gasteiger partial charge in [0.1, 0.15) is 5.69 Å². The van der Waals surface area contributed by atoms with Crippen molar-refractivity contribution in [1.29, 1.82) is 0 Å². The number of carbonyl (C=O) groups excluding carboxylic acids is 2. The second-order valence-electron chi connectivity index (χ2n) is 6.87. The van der Waals surface area contributed by atoms with Crippen LogP contribution in [0.1, 0.15) is 43.1 Å². The van der Waals surface area contributed by atoms with E-state index in [1.807, 2.05) is 63.2 Å². The largest absolute Gasteiger partial charge is 0.348 e. The summed E-state index contributed by atoms with van der Waals surface area (Å²) in [5.74, 6) is -0.593. The van der Waals surface area contributed by atoms with Crippen molar-refractivity contribution in [1.82, 2.24) is 10.3 Å². The highest BCUT2D eigenvalue weighted by atomic mass is 16.2. The standard InChI is InChI=1S/C23H23N3O2/c1-15-10-16(2)12-20(11-15)26-23(28)21-13-18(8-9-24-21)22(27)25-14-19-7-5-4-6-17(19)3/h4-13H,14H2,1-3H3,(H,25,27)(H,26,28). The van der Waals surface area contributed by atoms with Gasteiger partial charge in [0, 0.05) is 24.0 Å². The summed E-state index contributed by atoms with van der Waals surface area (Å²) >= 11 is 0. The van der Waals surface area contributed by atoms with Crippen molar-refractivity contribution in [3.63, 3.8) is 0 Å². The molecule has 5 nitrogen and oxygen atoms in total. The molecule has 2 amide bonds. The van der Waals surface area contributed by atoms with E-state index in [4.69, 9.17) is 0 Å². The third-order valence-electron chi connectivity index (χ3n) is 4.43. The molecule has 0 atom stereocenters. The number of carbonyl (C=O) groups is 2. The van der Waals surface area contributed by atoms with E-state index >= 15 is 0 Å². The molecule has 0 saturated carbocycles. The Balaban J connectivity index is 1.69. The molecule has 0 unspecified atom stereocenters. The first-order chi connectivity index (χ1) is 13.4. The lowest BCUT2D eigenvalue weighted by Gasteiger charge is -2.10. The molecule has 0 aliphatic rings.